The van der Waals surface area contributed by atoms with Crippen molar-refractivity contribution in [2.75, 3.05) is 11.4 Å². The lowest BCUT2D eigenvalue weighted by atomic mass is 10.2. The van der Waals surface area contributed by atoms with Gasteiger partial charge in [-0.3, -0.25) is 0 Å². The highest BCUT2D eigenvalue weighted by Gasteiger charge is 2.31. The Morgan fingerprint density at radius 1 is 1.28 bits per heavy atom. The maximum Gasteiger partial charge on any atom is 0.137 e. The Bertz CT molecular complexity index is 416. The molecule has 1 aliphatic rings. The predicted octanol–water partition coefficient (Wildman–Crippen LogP) is 3.77. The molecule has 18 heavy (non-hydrogen) atoms. The normalized spacial score (nSPS) is 14.9. The SMILES string of the molecule is CCCCN(c1nc(CC)nc(Cl)c1C)C1CC1. The number of aromatic nitrogens is 2. The van der Waals surface area contributed by atoms with E-state index in [1.807, 2.05) is 6.92 Å². The molecule has 2 rings (SSSR count). The topological polar surface area (TPSA) is 29.0 Å². The summed E-state index contributed by atoms with van der Waals surface area (Å²) in [5.41, 5.74) is 1.02. The van der Waals surface area contributed by atoms with Crippen LogP contribution in [0.4, 0.5) is 5.82 Å². The van der Waals surface area contributed by atoms with Crippen molar-refractivity contribution in [3.05, 3.63) is 16.5 Å². The number of anilines is 1. The number of unbranched alkanes of at least 4 members (excludes halogenated alkanes) is 1. The van der Waals surface area contributed by atoms with Crippen molar-refractivity contribution in [2.45, 2.75) is 58.9 Å². The van der Waals surface area contributed by atoms with Gasteiger partial charge in [-0.1, -0.05) is 31.9 Å². The van der Waals surface area contributed by atoms with Crippen molar-refractivity contribution >= 4 is 17.4 Å². The van der Waals surface area contributed by atoms with E-state index in [1.165, 1.54) is 25.7 Å². The molecule has 100 valence electrons. The Kier molecular flexibility index (Phi) is 4.44. The molecule has 1 saturated carbocycles. The molecule has 1 aromatic heterocycles. The van der Waals surface area contributed by atoms with Gasteiger partial charge >= 0.3 is 0 Å². The number of rotatable bonds is 6. The van der Waals surface area contributed by atoms with Gasteiger partial charge in [-0.05, 0) is 26.2 Å². The van der Waals surface area contributed by atoms with E-state index in [-0.39, 0.29) is 0 Å². The van der Waals surface area contributed by atoms with Gasteiger partial charge in [0.1, 0.15) is 16.8 Å². The lowest BCUT2D eigenvalue weighted by Gasteiger charge is -2.25. The average Bonchev–Trinajstić information content (AvgIpc) is 3.18. The highest BCUT2D eigenvalue weighted by atomic mass is 35.5. The molecule has 0 aromatic carbocycles. The zero-order valence-corrected chi connectivity index (χ0v) is 12.3. The van der Waals surface area contributed by atoms with E-state index in [1.54, 1.807) is 0 Å². The van der Waals surface area contributed by atoms with Crippen molar-refractivity contribution in [3.8, 4) is 0 Å². The lowest BCUT2D eigenvalue weighted by Crippen LogP contribution is -2.29. The van der Waals surface area contributed by atoms with Gasteiger partial charge < -0.3 is 4.90 Å². The van der Waals surface area contributed by atoms with Crippen molar-refractivity contribution in [3.63, 3.8) is 0 Å². The standard InChI is InChI=1S/C14H22ClN3/c1-4-6-9-18(11-7-8-11)14-10(3)13(15)16-12(5-2)17-14/h11H,4-9H2,1-3H3. The van der Waals surface area contributed by atoms with Crippen LogP contribution in [0.25, 0.3) is 0 Å². The summed E-state index contributed by atoms with van der Waals surface area (Å²) in [4.78, 5) is 11.5. The second-order valence-electron chi connectivity index (χ2n) is 5.01. The molecule has 0 unspecified atom stereocenters. The van der Waals surface area contributed by atoms with Crippen LogP contribution in [0.3, 0.4) is 0 Å². The molecule has 1 aliphatic carbocycles. The Morgan fingerprint density at radius 3 is 2.56 bits per heavy atom. The molecule has 0 N–H and O–H groups in total. The van der Waals surface area contributed by atoms with Crippen LogP contribution in [0.15, 0.2) is 0 Å². The maximum atomic E-state index is 6.22. The van der Waals surface area contributed by atoms with Crippen LogP contribution in [0.1, 0.15) is 50.9 Å². The van der Waals surface area contributed by atoms with Gasteiger partial charge in [0.15, 0.2) is 0 Å². The average molecular weight is 268 g/mol. The minimum Gasteiger partial charge on any atom is -0.353 e. The highest BCUT2D eigenvalue weighted by molar-refractivity contribution is 6.30. The first-order chi connectivity index (χ1) is 8.67. The molecule has 0 bridgehead atoms. The molecule has 0 aliphatic heterocycles. The minimum absolute atomic E-state index is 0.610. The number of aryl methyl sites for hydroxylation is 1. The fraction of sp³-hybridized carbons (Fsp3) is 0.714. The third-order valence-electron chi connectivity index (χ3n) is 3.44. The van der Waals surface area contributed by atoms with E-state index in [9.17, 15) is 0 Å². The van der Waals surface area contributed by atoms with E-state index in [0.29, 0.717) is 11.2 Å². The number of hydrogen-bond donors (Lipinski definition) is 0. The Hall–Kier alpha value is -0.830. The second kappa shape index (κ2) is 5.87. The molecular weight excluding hydrogens is 246 g/mol. The van der Waals surface area contributed by atoms with Gasteiger partial charge in [0.25, 0.3) is 0 Å². The van der Waals surface area contributed by atoms with Gasteiger partial charge in [-0.2, -0.15) is 0 Å². The fourth-order valence-electron chi connectivity index (χ4n) is 2.13. The molecule has 0 amide bonds. The summed E-state index contributed by atoms with van der Waals surface area (Å²) in [6, 6.07) is 0.672. The zero-order valence-electron chi connectivity index (χ0n) is 11.5. The van der Waals surface area contributed by atoms with E-state index in [0.717, 1.165) is 30.2 Å². The van der Waals surface area contributed by atoms with Crippen molar-refractivity contribution < 1.29 is 0 Å². The molecule has 1 aromatic rings. The number of nitrogens with zero attached hydrogens (tertiary/aromatic N) is 3. The number of hydrogen-bond acceptors (Lipinski definition) is 3. The van der Waals surface area contributed by atoms with Crippen LogP contribution in [0.2, 0.25) is 5.15 Å². The van der Waals surface area contributed by atoms with E-state index < -0.39 is 0 Å². The predicted molar refractivity (Wildman–Crippen MR) is 76.4 cm³/mol. The van der Waals surface area contributed by atoms with E-state index >= 15 is 0 Å². The zero-order chi connectivity index (χ0) is 13.1. The molecule has 0 atom stereocenters. The minimum atomic E-state index is 0.610. The van der Waals surface area contributed by atoms with Crippen LogP contribution < -0.4 is 4.90 Å². The second-order valence-corrected chi connectivity index (χ2v) is 5.37. The smallest absolute Gasteiger partial charge is 0.137 e. The van der Waals surface area contributed by atoms with Gasteiger partial charge in [0.05, 0.1) is 0 Å². The summed E-state index contributed by atoms with van der Waals surface area (Å²) in [6.45, 7) is 7.40. The molecular formula is C14H22ClN3. The molecule has 0 spiro atoms. The largest absolute Gasteiger partial charge is 0.353 e. The fourth-order valence-corrected chi connectivity index (χ4v) is 2.32. The highest BCUT2D eigenvalue weighted by Crippen LogP contribution is 2.34. The summed E-state index contributed by atoms with van der Waals surface area (Å²) in [5.74, 6) is 1.91. The summed E-state index contributed by atoms with van der Waals surface area (Å²) in [5, 5.41) is 0.610. The van der Waals surface area contributed by atoms with Crippen molar-refractivity contribution in [1.82, 2.24) is 9.97 Å². The van der Waals surface area contributed by atoms with Crippen LogP contribution in [-0.4, -0.2) is 22.6 Å². The quantitative estimate of drug-likeness (QED) is 0.735. The first-order valence-electron chi connectivity index (χ1n) is 6.97. The first-order valence-corrected chi connectivity index (χ1v) is 7.34. The van der Waals surface area contributed by atoms with Crippen LogP contribution >= 0.6 is 11.6 Å². The van der Waals surface area contributed by atoms with Crippen LogP contribution in [0.5, 0.6) is 0 Å². The Balaban J connectivity index is 2.30. The van der Waals surface area contributed by atoms with E-state index in [2.05, 4.69) is 23.7 Å². The van der Waals surface area contributed by atoms with Gasteiger partial charge in [-0.15, -0.1) is 0 Å². The maximum absolute atomic E-state index is 6.22. The molecule has 4 heteroatoms. The summed E-state index contributed by atoms with van der Waals surface area (Å²) >= 11 is 6.22. The molecule has 0 saturated heterocycles. The Morgan fingerprint density at radius 2 is 2.00 bits per heavy atom. The van der Waals surface area contributed by atoms with Crippen LogP contribution in [-0.2, 0) is 6.42 Å². The van der Waals surface area contributed by atoms with E-state index in [4.69, 9.17) is 16.6 Å². The third kappa shape index (κ3) is 2.94. The first kappa shape index (κ1) is 13.6. The molecule has 1 heterocycles. The third-order valence-corrected chi connectivity index (χ3v) is 3.80. The van der Waals surface area contributed by atoms with Crippen molar-refractivity contribution in [1.29, 1.82) is 0 Å². The monoisotopic (exact) mass is 267 g/mol. The number of halogens is 1. The molecule has 1 fully saturated rings. The lowest BCUT2D eigenvalue weighted by molar-refractivity contribution is 0.697. The van der Waals surface area contributed by atoms with Crippen molar-refractivity contribution in [2.24, 2.45) is 0 Å². The summed E-state index contributed by atoms with van der Waals surface area (Å²) in [6.07, 6.45) is 5.82. The van der Waals surface area contributed by atoms with Crippen LogP contribution in [0, 0.1) is 6.92 Å². The van der Waals surface area contributed by atoms with Gasteiger partial charge in [-0.25, -0.2) is 9.97 Å². The molecule has 3 nitrogen and oxygen atoms in total. The summed E-state index contributed by atoms with van der Waals surface area (Å²) < 4.78 is 0. The Labute approximate surface area is 115 Å². The van der Waals surface area contributed by atoms with Gasteiger partial charge in [0.2, 0.25) is 0 Å². The summed E-state index contributed by atoms with van der Waals surface area (Å²) in [7, 11) is 0. The molecule has 0 radical (unpaired) electrons. The van der Waals surface area contributed by atoms with Gasteiger partial charge in [0, 0.05) is 24.6 Å².